The number of carbonyl (C=O) groups is 1. The van der Waals surface area contributed by atoms with Crippen LogP contribution in [0.2, 0.25) is 0 Å². The van der Waals surface area contributed by atoms with E-state index in [9.17, 15) is 9.59 Å². The van der Waals surface area contributed by atoms with Gasteiger partial charge in [0.05, 0.1) is 5.56 Å². The molecular weight excluding hydrogens is 432 g/mol. The number of rotatable bonds is 5. The van der Waals surface area contributed by atoms with Gasteiger partial charge in [-0.15, -0.1) is 10.2 Å². The molecule has 0 bridgehead atoms. The maximum absolute atomic E-state index is 13.1. The van der Waals surface area contributed by atoms with E-state index in [-0.39, 0.29) is 17.6 Å². The molecule has 34 heavy (non-hydrogen) atoms. The monoisotopic (exact) mass is 458 g/mol. The van der Waals surface area contributed by atoms with Crippen molar-refractivity contribution in [3.8, 4) is 23.2 Å². The van der Waals surface area contributed by atoms with Crippen molar-refractivity contribution in [1.82, 2.24) is 38.8 Å². The molecule has 0 aliphatic carbocycles. The van der Waals surface area contributed by atoms with Crippen molar-refractivity contribution in [3.63, 3.8) is 0 Å². The number of hydrogen-bond acceptors (Lipinski definition) is 6. The second-order valence-corrected chi connectivity index (χ2v) is 8.62. The van der Waals surface area contributed by atoms with E-state index in [0.29, 0.717) is 28.7 Å². The van der Waals surface area contributed by atoms with Crippen molar-refractivity contribution in [3.05, 3.63) is 71.3 Å². The summed E-state index contributed by atoms with van der Waals surface area (Å²) in [7, 11) is 0. The highest BCUT2D eigenvalue weighted by Crippen LogP contribution is 2.19. The fourth-order valence-electron chi connectivity index (χ4n) is 4.15. The summed E-state index contributed by atoms with van der Waals surface area (Å²) in [5.74, 6) is 1.53. The summed E-state index contributed by atoms with van der Waals surface area (Å²) >= 11 is 0. The molecule has 10 heteroatoms. The second-order valence-electron chi connectivity index (χ2n) is 8.62. The first-order valence-electron chi connectivity index (χ1n) is 11.5. The first-order chi connectivity index (χ1) is 16.5. The first kappa shape index (κ1) is 21.7. The van der Waals surface area contributed by atoms with Crippen molar-refractivity contribution in [2.45, 2.75) is 39.2 Å². The molecule has 0 saturated carbocycles. The van der Waals surface area contributed by atoms with E-state index in [1.165, 1.54) is 15.3 Å². The molecule has 0 spiro atoms. The molecule has 0 N–H and O–H groups in total. The molecule has 1 aliphatic rings. The van der Waals surface area contributed by atoms with Crippen LogP contribution in [-0.2, 0) is 0 Å². The third-order valence-corrected chi connectivity index (χ3v) is 6.00. The van der Waals surface area contributed by atoms with Crippen LogP contribution in [0.1, 0.15) is 49.5 Å². The molecule has 4 aromatic heterocycles. The summed E-state index contributed by atoms with van der Waals surface area (Å²) in [5, 5.41) is 8.19. The van der Waals surface area contributed by atoms with Crippen LogP contribution in [0.4, 0.5) is 0 Å². The van der Waals surface area contributed by atoms with E-state index in [1.54, 1.807) is 36.9 Å². The fourth-order valence-corrected chi connectivity index (χ4v) is 4.15. The van der Waals surface area contributed by atoms with Crippen LogP contribution in [0.25, 0.3) is 23.2 Å². The molecule has 0 radical (unpaired) electrons. The van der Waals surface area contributed by atoms with Crippen LogP contribution >= 0.6 is 0 Å². The lowest BCUT2D eigenvalue weighted by Gasteiger charge is -2.26. The van der Waals surface area contributed by atoms with Gasteiger partial charge in [0.2, 0.25) is 0 Å². The van der Waals surface area contributed by atoms with Gasteiger partial charge < -0.3 is 9.47 Å². The Bertz CT molecular complexity index is 1360. The third-order valence-electron chi connectivity index (χ3n) is 6.00. The molecule has 174 valence electrons. The predicted molar refractivity (Wildman–Crippen MR) is 126 cm³/mol. The van der Waals surface area contributed by atoms with Crippen molar-refractivity contribution >= 4 is 5.91 Å². The van der Waals surface area contributed by atoms with Crippen LogP contribution in [-0.4, -0.2) is 57.8 Å². The highest BCUT2D eigenvalue weighted by Gasteiger charge is 2.19. The van der Waals surface area contributed by atoms with Gasteiger partial charge in [-0.25, -0.2) is 14.8 Å². The lowest BCUT2D eigenvalue weighted by Crippen LogP contribution is -2.35. The Morgan fingerprint density at radius 1 is 0.971 bits per heavy atom. The summed E-state index contributed by atoms with van der Waals surface area (Å²) in [4.78, 5) is 36.7. The number of nitrogens with zero attached hydrogens (tertiary/aromatic N) is 8. The minimum atomic E-state index is -0.308. The standard InChI is InChI=1S/C24H26N8O2/c1-17(2)32-16-26-28-22(32)19-7-6-8-21(27-19)31-14-13-30(24(31)34)20-10-9-18(15-25-20)23(33)29-11-4-3-5-12-29/h6-10,13-17H,3-5,11-12H2,1-2H3. The van der Waals surface area contributed by atoms with Crippen LogP contribution in [0.5, 0.6) is 0 Å². The van der Waals surface area contributed by atoms with E-state index in [1.807, 2.05) is 35.4 Å². The highest BCUT2D eigenvalue weighted by atomic mass is 16.2. The summed E-state index contributed by atoms with van der Waals surface area (Å²) in [5.41, 5.74) is 0.849. The lowest BCUT2D eigenvalue weighted by atomic mass is 10.1. The summed E-state index contributed by atoms with van der Waals surface area (Å²) in [6.45, 7) is 5.64. The number of imidazole rings is 1. The van der Waals surface area contributed by atoms with Crippen LogP contribution in [0, 0.1) is 0 Å². The molecule has 1 amide bonds. The topological polar surface area (TPSA) is 104 Å². The minimum Gasteiger partial charge on any atom is -0.339 e. The molecule has 0 atom stereocenters. The van der Waals surface area contributed by atoms with Gasteiger partial charge in [0.1, 0.15) is 23.7 Å². The molecule has 1 fully saturated rings. The number of carbonyl (C=O) groups excluding carboxylic acids is 1. The summed E-state index contributed by atoms with van der Waals surface area (Å²) in [6.07, 6.45) is 9.72. The molecule has 0 unspecified atom stereocenters. The van der Waals surface area contributed by atoms with Gasteiger partial charge >= 0.3 is 5.69 Å². The molecule has 1 aliphatic heterocycles. The van der Waals surface area contributed by atoms with E-state index >= 15 is 0 Å². The number of hydrogen-bond donors (Lipinski definition) is 0. The Kier molecular flexibility index (Phi) is 5.79. The van der Waals surface area contributed by atoms with E-state index < -0.39 is 0 Å². The summed E-state index contributed by atoms with van der Waals surface area (Å²) < 4.78 is 4.81. The average molecular weight is 459 g/mol. The number of pyridine rings is 2. The minimum absolute atomic E-state index is 0.0149. The smallest absolute Gasteiger partial charge is 0.339 e. The van der Waals surface area contributed by atoms with Gasteiger partial charge in [-0.3, -0.25) is 13.9 Å². The second kappa shape index (κ2) is 9.05. The van der Waals surface area contributed by atoms with Crippen LogP contribution in [0.3, 0.4) is 0 Å². The largest absolute Gasteiger partial charge is 0.339 e. The lowest BCUT2D eigenvalue weighted by molar-refractivity contribution is 0.0724. The maximum Gasteiger partial charge on any atom is 0.339 e. The van der Waals surface area contributed by atoms with Gasteiger partial charge in [-0.2, -0.15) is 0 Å². The number of aromatic nitrogens is 7. The fraction of sp³-hybridized carbons (Fsp3) is 0.333. The maximum atomic E-state index is 13.1. The van der Waals surface area contributed by atoms with Gasteiger partial charge in [0.25, 0.3) is 5.91 Å². The Balaban J connectivity index is 1.41. The molecule has 10 nitrogen and oxygen atoms in total. The molecular formula is C24H26N8O2. The van der Waals surface area contributed by atoms with Gasteiger partial charge in [0, 0.05) is 37.7 Å². The summed E-state index contributed by atoms with van der Waals surface area (Å²) in [6, 6.07) is 9.03. The van der Waals surface area contributed by atoms with Crippen molar-refractivity contribution in [2.24, 2.45) is 0 Å². The Morgan fingerprint density at radius 3 is 2.44 bits per heavy atom. The third kappa shape index (κ3) is 4.02. The normalized spacial score (nSPS) is 14.0. The molecule has 4 aromatic rings. The SMILES string of the molecule is CC(C)n1cnnc1-c1cccc(-n2ccn(-c3ccc(C(=O)N4CCCCC4)cn3)c2=O)n1. The quantitative estimate of drug-likeness (QED) is 0.456. The molecule has 5 heterocycles. The number of likely N-dealkylation sites (tertiary alicyclic amines) is 1. The van der Waals surface area contributed by atoms with E-state index in [2.05, 4.69) is 20.2 Å². The van der Waals surface area contributed by atoms with Gasteiger partial charge in [-0.05, 0) is 57.4 Å². The van der Waals surface area contributed by atoms with Crippen molar-refractivity contribution < 1.29 is 4.79 Å². The highest BCUT2D eigenvalue weighted by molar-refractivity contribution is 5.94. The van der Waals surface area contributed by atoms with Crippen LogP contribution < -0.4 is 5.69 Å². The Hall–Kier alpha value is -4.08. The molecule has 1 saturated heterocycles. The van der Waals surface area contributed by atoms with Gasteiger partial charge in [-0.1, -0.05) is 6.07 Å². The van der Waals surface area contributed by atoms with Crippen molar-refractivity contribution in [2.75, 3.05) is 13.1 Å². The predicted octanol–water partition coefficient (Wildman–Crippen LogP) is 2.88. The Morgan fingerprint density at radius 2 is 1.74 bits per heavy atom. The Labute approximate surface area is 196 Å². The van der Waals surface area contributed by atoms with Gasteiger partial charge in [0.15, 0.2) is 5.82 Å². The molecule has 5 rings (SSSR count). The number of amides is 1. The number of piperidine rings is 1. The van der Waals surface area contributed by atoms with Crippen molar-refractivity contribution in [1.29, 1.82) is 0 Å². The van der Waals surface area contributed by atoms with E-state index in [4.69, 9.17) is 0 Å². The van der Waals surface area contributed by atoms with Crippen LogP contribution in [0.15, 0.2) is 60.0 Å². The zero-order valence-corrected chi connectivity index (χ0v) is 19.2. The zero-order valence-electron chi connectivity index (χ0n) is 19.2. The first-order valence-corrected chi connectivity index (χ1v) is 11.5. The average Bonchev–Trinajstić information content (AvgIpc) is 3.52. The molecule has 0 aromatic carbocycles. The zero-order chi connectivity index (χ0) is 23.7. The van der Waals surface area contributed by atoms with E-state index in [0.717, 1.165) is 32.4 Å².